The highest BCUT2D eigenvalue weighted by Gasteiger charge is 2.29. The highest BCUT2D eigenvalue weighted by atomic mass is 35.5. The quantitative estimate of drug-likeness (QED) is 0.829. The molecule has 0 saturated carbocycles. The van der Waals surface area contributed by atoms with E-state index in [0.717, 1.165) is 5.56 Å². The van der Waals surface area contributed by atoms with E-state index in [1.807, 2.05) is 37.3 Å². The van der Waals surface area contributed by atoms with E-state index in [9.17, 15) is 8.42 Å². The van der Waals surface area contributed by atoms with Gasteiger partial charge in [-0.2, -0.15) is 9.40 Å². The number of nitrogens with one attached hydrogen (secondary N) is 1. The van der Waals surface area contributed by atoms with Gasteiger partial charge in [0.05, 0.1) is 17.3 Å². The molecule has 1 aromatic carbocycles. The van der Waals surface area contributed by atoms with Crippen LogP contribution < -0.4 is 0 Å². The summed E-state index contributed by atoms with van der Waals surface area (Å²) in [5.74, 6) is 0.0573. The number of rotatable bonds is 6. The Labute approximate surface area is 130 Å². The Morgan fingerprint density at radius 1 is 1.29 bits per heavy atom. The van der Waals surface area contributed by atoms with Crippen LogP contribution in [0.15, 0.2) is 35.2 Å². The van der Waals surface area contributed by atoms with Crippen LogP contribution in [-0.2, 0) is 22.4 Å². The van der Waals surface area contributed by atoms with Gasteiger partial charge in [0.1, 0.15) is 4.90 Å². The number of aromatic nitrogens is 2. The third-order valence-corrected chi connectivity index (χ3v) is 5.62. The smallest absolute Gasteiger partial charge is 0.247 e. The van der Waals surface area contributed by atoms with Crippen molar-refractivity contribution in [2.24, 2.45) is 0 Å². The maximum Gasteiger partial charge on any atom is 0.247 e. The van der Waals surface area contributed by atoms with Crippen LogP contribution in [0.5, 0.6) is 0 Å². The van der Waals surface area contributed by atoms with Gasteiger partial charge in [-0.05, 0) is 12.5 Å². The Bertz CT molecular complexity index is 698. The summed E-state index contributed by atoms with van der Waals surface area (Å²) in [7, 11) is -3.62. The normalized spacial score (nSPS) is 12.0. The lowest BCUT2D eigenvalue weighted by atomic mass is 10.2. The molecule has 0 bridgehead atoms. The molecule has 0 amide bonds. The third-order valence-electron chi connectivity index (χ3n) is 3.24. The van der Waals surface area contributed by atoms with Crippen molar-refractivity contribution in [3.63, 3.8) is 0 Å². The fourth-order valence-electron chi connectivity index (χ4n) is 2.19. The van der Waals surface area contributed by atoms with Gasteiger partial charge in [-0.15, -0.1) is 11.6 Å². The Morgan fingerprint density at radius 3 is 2.52 bits per heavy atom. The van der Waals surface area contributed by atoms with E-state index >= 15 is 0 Å². The summed E-state index contributed by atoms with van der Waals surface area (Å²) in [5.41, 5.74) is 1.81. The molecule has 0 unspecified atom stereocenters. The summed E-state index contributed by atoms with van der Waals surface area (Å²) < 4.78 is 27.1. The van der Waals surface area contributed by atoms with Crippen molar-refractivity contribution < 1.29 is 8.42 Å². The van der Waals surface area contributed by atoms with Crippen molar-refractivity contribution >= 4 is 21.6 Å². The minimum atomic E-state index is -3.62. The maximum atomic E-state index is 12.8. The first kappa shape index (κ1) is 16.0. The van der Waals surface area contributed by atoms with Crippen molar-refractivity contribution in [3.05, 3.63) is 47.3 Å². The van der Waals surface area contributed by atoms with Crippen LogP contribution in [0.2, 0.25) is 0 Å². The van der Waals surface area contributed by atoms with Gasteiger partial charge in [0.2, 0.25) is 10.0 Å². The molecule has 0 aliphatic rings. The number of alkyl halides is 1. The minimum Gasteiger partial charge on any atom is -0.281 e. The summed E-state index contributed by atoms with van der Waals surface area (Å²) in [4.78, 5) is 0.190. The predicted octanol–water partition coefficient (Wildman–Crippen LogP) is 2.67. The SMILES string of the molecule is CCN(Cc1ccccc1)S(=O)(=O)c1c(CCl)n[nH]c1C. The molecule has 1 aromatic heterocycles. The van der Waals surface area contributed by atoms with Crippen LogP contribution >= 0.6 is 11.6 Å². The Hall–Kier alpha value is -1.37. The number of hydrogen-bond acceptors (Lipinski definition) is 3. The molecule has 5 nitrogen and oxygen atoms in total. The largest absolute Gasteiger partial charge is 0.281 e. The zero-order valence-corrected chi connectivity index (χ0v) is 13.6. The lowest BCUT2D eigenvalue weighted by Crippen LogP contribution is -2.31. The van der Waals surface area contributed by atoms with E-state index in [-0.39, 0.29) is 10.8 Å². The summed E-state index contributed by atoms with van der Waals surface area (Å²) >= 11 is 5.79. The molecule has 1 heterocycles. The molecule has 0 atom stereocenters. The Balaban J connectivity index is 2.38. The molecule has 0 radical (unpaired) electrons. The van der Waals surface area contributed by atoms with E-state index in [1.54, 1.807) is 6.92 Å². The Kier molecular flexibility index (Phi) is 5.03. The summed E-state index contributed by atoms with van der Waals surface area (Å²) in [5, 5.41) is 6.66. The second kappa shape index (κ2) is 6.60. The van der Waals surface area contributed by atoms with Gasteiger partial charge in [0.15, 0.2) is 0 Å². The van der Waals surface area contributed by atoms with Crippen LogP contribution in [0.1, 0.15) is 23.9 Å². The van der Waals surface area contributed by atoms with Gasteiger partial charge in [0, 0.05) is 13.1 Å². The summed E-state index contributed by atoms with van der Waals surface area (Å²) in [6, 6.07) is 9.50. The van der Waals surface area contributed by atoms with Crippen molar-refractivity contribution in [2.45, 2.75) is 31.2 Å². The van der Waals surface area contributed by atoms with Crippen molar-refractivity contribution in [3.8, 4) is 0 Å². The van der Waals surface area contributed by atoms with Crippen LogP contribution in [-0.4, -0.2) is 29.5 Å². The van der Waals surface area contributed by atoms with Gasteiger partial charge in [0.25, 0.3) is 0 Å². The zero-order valence-electron chi connectivity index (χ0n) is 12.0. The van der Waals surface area contributed by atoms with Crippen LogP contribution in [0.3, 0.4) is 0 Å². The van der Waals surface area contributed by atoms with Gasteiger partial charge >= 0.3 is 0 Å². The van der Waals surface area contributed by atoms with Crippen LogP contribution in [0.4, 0.5) is 0 Å². The number of aryl methyl sites for hydroxylation is 1. The lowest BCUT2D eigenvalue weighted by Gasteiger charge is -2.20. The number of nitrogens with zero attached hydrogens (tertiary/aromatic N) is 2. The van der Waals surface area contributed by atoms with Crippen molar-refractivity contribution in [1.29, 1.82) is 0 Å². The van der Waals surface area contributed by atoms with E-state index in [1.165, 1.54) is 4.31 Å². The fourth-order valence-corrected chi connectivity index (χ4v) is 4.22. The average molecular weight is 328 g/mol. The molecule has 114 valence electrons. The fraction of sp³-hybridized carbons (Fsp3) is 0.357. The highest BCUT2D eigenvalue weighted by Crippen LogP contribution is 2.24. The van der Waals surface area contributed by atoms with E-state index in [0.29, 0.717) is 24.5 Å². The first-order valence-corrected chi connectivity index (χ1v) is 8.62. The molecule has 0 aliphatic carbocycles. The number of sulfonamides is 1. The molecule has 1 N–H and O–H groups in total. The van der Waals surface area contributed by atoms with Gasteiger partial charge in [-0.25, -0.2) is 8.42 Å². The third kappa shape index (κ3) is 3.28. The molecule has 0 aliphatic heterocycles. The topological polar surface area (TPSA) is 66.1 Å². The number of halogens is 1. The van der Waals surface area contributed by atoms with E-state index in [4.69, 9.17) is 11.6 Å². The molecule has 7 heteroatoms. The molecular weight excluding hydrogens is 310 g/mol. The molecule has 0 spiro atoms. The molecular formula is C14H18ClN3O2S. The highest BCUT2D eigenvalue weighted by molar-refractivity contribution is 7.89. The second-order valence-corrected chi connectivity index (χ2v) is 6.82. The number of benzene rings is 1. The lowest BCUT2D eigenvalue weighted by molar-refractivity contribution is 0.422. The first-order chi connectivity index (χ1) is 10.0. The predicted molar refractivity (Wildman–Crippen MR) is 82.6 cm³/mol. The van der Waals surface area contributed by atoms with Gasteiger partial charge in [-0.3, -0.25) is 5.10 Å². The summed E-state index contributed by atoms with van der Waals surface area (Å²) in [6.07, 6.45) is 0. The monoisotopic (exact) mass is 327 g/mol. The zero-order chi connectivity index (χ0) is 15.5. The number of aromatic amines is 1. The maximum absolute atomic E-state index is 12.8. The minimum absolute atomic E-state index is 0.0573. The Morgan fingerprint density at radius 2 is 1.95 bits per heavy atom. The van der Waals surface area contributed by atoms with Crippen molar-refractivity contribution in [1.82, 2.24) is 14.5 Å². The summed E-state index contributed by atoms with van der Waals surface area (Å²) in [6.45, 7) is 4.21. The molecule has 2 rings (SSSR count). The van der Waals surface area contributed by atoms with Gasteiger partial charge < -0.3 is 0 Å². The molecule has 0 fully saturated rings. The van der Waals surface area contributed by atoms with Crippen LogP contribution in [0.25, 0.3) is 0 Å². The molecule has 0 saturated heterocycles. The van der Waals surface area contributed by atoms with E-state index in [2.05, 4.69) is 10.2 Å². The van der Waals surface area contributed by atoms with Gasteiger partial charge in [-0.1, -0.05) is 37.3 Å². The first-order valence-electron chi connectivity index (χ1n) is 6.64. The molecule has 21 heavy (non-hydrogen) atoms. The molecule has 2 aromatic rings. The van der Waals surface area contributed by atoms with Crippen LogP contribution in [0, 0.1) is 6.92 Å². The standard InChI is InChI=1S/C14H18ClN3O2S/c1-3-18(10-12-7-5-4-6-8-12)21(19,20)14-11(2)16-17-13(14)9-15/h4-8H,3,9-10H2,1-2H3,(H,16,17). The number of hydrogen-bond donors (Lipinski definition) is 1. The second-order valence-electron chi connectivity index (χ2n) is 4.67. The van der Waals surface area contributed by atoms with Crippen molar-refractivity contribution in [2.75, 3.05) is 6.54 Å². The average Bonchev–Trinajstić information content (AvgIpc) is 2.87. The van der Waals surface area contributed by atoms with E-state index < -0.39 is 10.0 Å². The number of H-pyrrole nitrogens is 1.